The van der Waals surface area contributed by atoms with Crippen molar-refractivity contribution in [3.8, 4) is 5.75 Å². The van der Waals surface area contributed by atoms with E-state index in [-0.39, 0.29) is 24.2 Å². The molecule has 3 aromatic carbocycles. The quantitative estimate of drug-likeness (QED) is 0.201. The number of nitrogens with zero attached hydrogens (tertiary/aromatic N) is 1. The lowest BCUT2D eigenvalue weighted by molar-refractivity contribution is 0.0954. The average molecular weight is 533 g/mol. The van der Waals surface area contributed by atoms with Crippen molar-refractivity contribution in [3.05, 3.63) is 112 Å². The van der Waals surface area contributed by atoms with E-state index in [4.69, 9.17) is 4.74 Å². The molecule has 37 heavy (non-hydrogen) atoms. The lowest BCUT2D eigenvalue weighted by Crippen LogP contribution is -2.25. The predicted octanol–water partition coefficient (Wildman–Crippen LogP) is 6.89. The average Bonchev–Trinajstić information content (AvgIpc) is 3.30. The van der Waals surface area contributed by atoms with Crippen molar-refractivity contribution in [1.29, 1.82) is 0 Å². The van der Waals surface area contributed by atoms with Gasteiger partial charge in [0.2, 0.25) is 0 Å². The van der Waals surface area contributed by atoms with Crippen LogP contribution in [0.25, 0.3) is 0 Å². The molecule has 0 fully saturated rings. The highest BCUT2D eigenvalue weighted by atomic mass is 32.2. The standard InChI is InChI=1S/C29H25FN2O3S2/c1-35-22-12-10-19(11-13-22)20-15-24-26(25(16-20)32-34)29(36-23-8-3-2-4-9-23)37-27(24)28(33)31-17-18-6-5-7-21(30)14-18/h2-14,20,34H,15-17H2,1H3,(H,31,33)/b32-25+. The Labute approximate surface area is 223 Å². The maximum Gasteiger partial charge on any atom is 0.261 e. The third-order valence-corrected chi connectivity index (χ3v) is 8.79. The number of ether oxygens (including phenoxy) is 1. The van der Waals surface area contributed by atoms with Crippen molar-refractivity contribution < 1.29 is 19.1 Å². The van der Waals surface area contributed by atoms with Gasteiger partial charge in [-0.15, -0.1) is 11.3 Å². The van der Waals surface area contributed by atoms with E-state index in [1.165, 1.54) is 23.5 Å². The zero-order chi connectivity index (χ0) is 25.8. The Balaban J connectivity index is 1.50. The number of halogens is 1. The largest absolute Gasteiger partial charge is 0.497 e. The molecule has 5 nitrogen and oxygen atoms in total. The van der Waals surface area contributed by atoms with Crippen molar-refractivity contribution in [2.75, 3.05) is 7.11 Å². The van der Waals surface area contributed by atoms with E-state index in [1.807, 2.05) is 54.6 Å². The number of carbonyl (C=O) groups excluding carboxylic acids is 1. The van der Waals surface area contributed by atoms with Crippen LogP contribution in [0, 0.1) is 5.82 Å². The van der Waals surface area contributed by atoms with Gasteiger partial charge in [0, 0.05) is 23.4 Å². The van der Waals surface area contributed by atoms with Gasteiger partial charge in [0.05, 0.1) is 21.9 Å². The summed E-state index contributed by atoms with van der Waals surface area (Å²) in [5, 5.41) is 16.7. The minimum atomic E-state index is -0.340. The number of benzene rings is 3. The molecule has 1 aliphatic carbocycles. The highest BCUT2D eigenvalue weighted by molar-refractivity contribution is 8.01. The SMILES string of the molecule is COc1ccc(C2C/C(=N\O)c3c(Sc4ccccc4)sc(C(=O)NCc4cccc(F)c4)c3C2)cc1. The highest BCUT2D eigenvalue weighted by Gasteiger charge is 2.34. The zero-order valence-corrected chi connectivity index (χ0v) is 21.7. The summed E-state index contributed by atoms with van der Waals surface area (Å²) in [6, 6.07) is 24.0. The minimum absolute atomic E-state index is 0.0447. The summed E-state index contributed by atoms with van der Waals surface area (Å²) in [4.78, 5) is 15.1. The van der Waals surface area contributed by atoms with Crippen molar-refractivity contribution in [3.63, 3.8) is 0 Å². The Morgan fingerprint density at radius 3 is 2.59 bits per heavy atom. The van der Waals surface area contributed by atoms with Gasteiger partial charge in [-0.05, 0) is 65.4 Å². The van der Waals surface area contributed by atoms with Crippen LogP contribution in [-0.4, -0.2) is 23.9 Å². The summed E-state index contributed by atoms with van der Waals surface area (Å²) < 4.78 is 19.8. The summed E-state index contributed by atoms with van der Waals surface area (Å²) in [5.41, 5.74) is 4.05. The number of hydrogen-bond acceptors (Lipinski definition) is 6. The van der Waals surface area contributed by atoms with Crippen LogP contribution in [-0.2, 0) is 13.0 Å². The summed E-state index contributed by atoms with van der Waals surface area (Å²) in [6.45, 7) is 0.216. The Kier molecular flexibility index (Phi) is 7.58. The third-order valence-electron chi connectivity index (χ3n) is 6.36. The Morgan fingerprint density at radius 1 is 1.11 bits per heavy atom. The monoisotopic (exact) mass is 532 g/mol. The Hall–Kier alpha value is -3.62. The molecule has 0 saturated heterocycles. The maximum absolute atomic E-state index is 13.6. The van der Waals surface area contributed by atoms with Crippen LogP contribution >= 0.6 is 23.1 Å². The molecule has 0 bridgehead atoms. The molecule has 0 radical (unpaired) electrons. The molecule has 1 heterocycles. The Morgan fingerprint density at radius 2 is 1.89 bits per heavy atom. The first-order valence-corrected chi connectivity index (χ1v) is 13.5. The molecular formula is C29H25FN2O3S2. The van der Waals surface area contributed by atoms with Crippen LogP contribution < -0.4 is 10.1 Å². The second kappa shape index (κ2) is 11.2. The number of nitrogens with one attached hydrogen (secondary N) is 1. The maximum atomic E-state index is 13.6. The molecule has 1 aliphatic rings. The van der Waals surface area contributed by atoms with Gasteiger partial charge in [-0.1, -0.05) is 59.4 Å². The number of amides is 1. The number of fused-ring (bicyclic) bond motifs is 1. The van der Waals surface area contributed by atoms with E-state index in [9.17, 15) is 14.4 Å². The normalized spacial score (nSPS) is 15.8. The van der Waals surface area contributed by atoms with Gasteiger partial charge in [0.15, 0.2) is 0 Å². The van der Waals surface area contributed by atoms with Gasteiger partial charge in [-0.3, -0.25) is 4.79 Å². The molecule has 2 N–H and O–H groups in total. The molecule has 0 saturated carbocycles. The van der Waals surface area contributed by atoms with Crippen LogP contribution in [0.2, 0.25) is 0 Å². The van der Waals surface area contributed by atoms with Gasteiger partial charge in [-0.25, -0.2) is 4.39 Å². The van der Waals surface area contributed by atoms with Crippen molar-refractivity contribution in [2.45, 2.75) is 34.4 Å². The van der Waals surface area contributed by atoms with E-state index in [1.54, 1.807) is 31.0 Å². The van der Waals surface area contributed by atoms with E-state index < -0.39 is 0 Å². The van der Waals surface area contributed by atoms with Crippen molar-refractivity contribution in [1.82, 2.24) is 5.32 Å². The lowest BCUT2D eigenvalue weighted by atomic mass is 9.80. The van der Waals surface area contributed by atoms with E-state index in [2.05, 4.69) is 10.5 Å². The molecule has 0 spiro atoms. The molecule has 1 amide bonds. The Bertz CT molecular complexity index is 1440. The first-order valence-electron chi connectivity index (χ1n) is 11.8. The molecule has 1 unspecified atom stereocenters. The van der Waals surface area contributed by atoms with Crippen LogP contribution in [0.15, 0.2) is 93.1 Å². The number of rotatable bonds is 7. The fourth-order valence-electron chi connectivity index (χ4n) is 4.55. The van der Waals surface area contributed by atoms with Crippen molar-refractivity contribution in [2.24, 2.45) is 5.16 Å². The van der Waals surface area contributed by atoms with Crippen LogP contribution in [0.1, 0.15) is 44.3 Å². The van der Waals surface area contributed by atoms with Crippen molar-refractivity contribution >= 4 is 34.7 Å². The smallest absolute Gasteiger partial charge is 0.261 e. The number of thiophene rings is 1. The molecule has 5 rings (SSSR count). The van der Waals surface area contributed by atoms with Gasteiger partial charge in [0.1, 0.15) is 11.6 Å². The van der Waals surface area contributed by atoms with Gasteiger partial charge in [-0.2, -0.15) is 0 Å². The summed E-state index contributed by atoms with van der Waals surface area (Å²) in [5.74, 6) is 0.250. The first-order chi connectivity index (χ1) is 18.1. The van der Waals surface area contributed by atoms with Gasteiger partial charge < -0.3 is 15.3 Å². The van der Waals surface area contributed by atoms with E-state index in [0.717, 1.165) is 31.5 Å². The van der Waals surface area contributed by atoms with Gasteiger partial charge >= 0.3 is 0 Å². The fraction of sp³-hybridized carbons (Fsp3) is 0.172. The first kappa shape index (κ1) is 25.0. The topological polar surface area (TPSA) is 70.9 Å². The fourth-order valence-corrected chi connectivity index (χ4v) is 7.10. The molecule has 1 atom stereocenters. The molecule has 4 aromatic rings. The third kappa shape index (κ3) is 5.55. The van der Waals surface area contributed by atoms with E-state index >= 15 is 0 Å². The zero-order valence-electron chi connectivity index (χ0n) is 20.1. The molecular weight excluding hydrogens is 507 g/mol. The molecule has 8 heteroatoms. The summed E-state index contributed by atoms with van der Waals surface area (Å²) in [7, 11) is 1.63. The summed E-state index contributed by atoms with van der Waals surface area (Å²) in [6.07, 6.45) is 1.19. The van der Waals surface area contributed by atoms with Crippen LogP contribution in [0.3, 0.4) is 0 Å². The van der Waals surface area contributed by atoms with Crippen LogP contribution in [0.4, 0.5) is 4.39 Å². The van der Waals surface area contributed by atoms with Crippen LogP contribution in [0.5, 0.6) is 5.75 Å². The lowest BCUT2D eigenvalue weighted by Gasteiger charge is -2.25. The number of methoxy groups -OCH3 is 1. The summed E-state index contributed by atoms with van der Waals surface area (Å²) >= 11 is 2.96. The highest BCUT2D eigenvalue weighted by Crippen LogP contribution is 2.46. The number of carbonyl (C=O) groups is 1. The molecule has 1 aromatic heterocycles. The second-order valence-corrected chi connectivity index (χ2v) is 11.1. The second-order valence-electron chi connectivity index (χ2n) is 8.72. The number of hydrogen-bond donors (Lipinski definition) is 2. The minimum Gasteiger partial charge on any atom is -0.497 e. The van der Waals surface area contributed by atoms with E-state index in [0.29, 0.717) is 29.0 Å². The molecule has 188 valence electrons. The number of oxime groups is 1. The molecule has 0 aliphatic heterocycles. The predicted molar refractivity (Wildman–Crippen MR) is 145 cm³/mol. The van der Waals surface area contributed by atoms with Gasteiger partial charge in [0.25, 0.3) is 5.91 Å².